The number of pyridine rings is 1. The fraction of sp³-hybridized carbons (Fsp3) is 0.375. The average molecular weight is 188 g/mol. The summed E-state index contributed by atoms with van der Waals surface area (Å²) in [5.41, 5.74) is 12.3. The predicted molar refractivity (Wildman–Crippen MR) is 52.1 cm³/mol. The first kappa shape index (κ1) is 11.4. The third-order valence-electron chi connectivity index (χ3n) is 1.61. The fourth-order valence-corrected chi connectivity index (χ4v) is 0.957. The Hall–Kier alpha value is -0.640. The molecule has 0 saturated heterocycles. The zero-order chi connectivity index (χ0) is 8.10. The van der Waals surface area contributed by atoms with Gasteiger partial charge in [-0.05, 0) is 30.7 Å². The van der Waals surface area contributed by atoms with Gasteiger partial charge in [-0.15, -0.1) is 12.4 Å². The molecule has 0 saturated carbocycles. The molecule has 4 N–H and O–H groups in total. The van der Waals surface area contributed by atoms with E-state index in [0.717, 1.165) is 12.0 Å². The van der Waals surface area contributed by atoms with Crippen LogP contribution in [-0.2, 0) is 0 Å². The summed E-state index contributed by atoms with van der Waals surface area (Å²) < 4.78 is 0. The number of nitrogens with zero attached hydrogens (tertiary/aromatic N) is 1. The molecule has 1 heterocycles. The third-order valence-corrected chi connectivity index (χ3v) is 1.61. The zero-order valence-electron chi connectivity index (χ0n) is 6.81. The molecule has 68 valence electrons. The Kier molecular flexibility index (Phi) is 5.62. The number of halogens is 1. The molecule has 1 aromatic heterocycles. The first-order chi connectivity index (χ1) is 5.34. The van der Waals surface area contributed by atoms with Crippen molar-refractivity contribution in [3.63, 3.8) is 0 Å². The van der Waals surface area contributed by atoms with Crippen molar-refractivity contribution in [2.75, 3.05) is 6.54 Å². The minimum Gasteiger partial charge on any atom is -0.330 e. The fourth-order valence-electron chi connectivity index (χ4n) is 0.957. The molecule has 0 spiro atoms. The van der Waals surface area contributed by atoms with Gasteiger partial charge >= 0.3 is 0 Å². The predicted octanol–water partition coefficient (Wildman–Crippen LogP) is 0.852. The second-order valence-corrected chi connectivity index (χ2v) is 2.46. The highest BCUT2D eigenvalue weighted by Gasteiger charge is 2.02. The van der Waals surface area contributed by atoms with E-state index in [1.165, 1.54) is 0 Å². The normalized spacial score (nSPS) is 11.8. The van der Waals surface area contributed by atoms with Gasteiger partial charge in [0.1, 0.15) is 0 Å². The Morgan fingerprint density at radius 1 is 1.33 bits per heavy atom. The number of hydrogen-bond donors (Lipinski definition) is 2. The van der Waals surface area contributed by atoms with Crippen LogP contribution in [0.15, 0.2) is 24.5 Å². The molecule has 3 nitrogen and oxygen atoms in total. The molecule has 1 aromatic rings. The number of aromatic nitrogens is 1. The van der Waals surface area contributed by atoms with Crippen molar-refractivity contribution < 1.29 is 0 Å². The summed E-state index contributed by atoms with van der Waals surface area (Å²) >= 11 is 0. The highest BCUT2D eigenvalue weighted by atomic mass is 35.5. The molecule has 0 fully saturated rings. The molecule has 0 aliphatic rings. The van der Waals surface area contributed by atoms with E-state index in [9.17, 15) is 0 Å². The molecule has 12 heavy (non-hydrogen) atoms. The van der Waals surface area contributed by atoms with Gasteiger partial charge in [-0.1, -0.05) is 0 Å². The smallest absolute Gasteiger partial charge is 0.0308 e. The molecule has 0 aromatic carbocycles. The second kappa shape index (κ2) is 5.94. The van der Waals surface area contributed by atoms with E-state index in [1.807, 2.05) is 12.1 Å². The van der Waals surface area contributed by atoms with Crippen LogP contribution >= 0.6 is 12.4 Å². The first-order valence-corrected chi connectivity index (χ1v) is 3.70. The van der Waals surface area contributed by atoms with Crippen molar-refractivity contribution in [3.05, 3.63) is 30.1 Å². The van der Waals surface area contributed by atoms with Crippen LogP contribution in [0.4, 0.5) is 0 Å². The van der Waals surface area contributed by atoms with Crippen LogP contribution in [0.3, 0.4) is 0 Å². The highest BCUT2D eigenvalue weighted by molar-refractivity contribution is 5.85. The Labute approximate surface area is 78.6 Å². The number of hydrogen-bond acceptors (Lipinski definition) is 3. The van der Waals surface area contributed by atoms with Gasteiger partial charge in [0, 0.05) is 18.4 Å². The molecular weight excluding hydrogens is 174 g/mol. The van der Waals surface area contributed by atoms with E-state index in [4.69, 9.17) is 11.5 Å². The van der Waals surface area contributed by atoms with Crippen molar-refractivity contribution in [3.8, 4) is 0 Å². The van der Waals surface area contributed by atoms with Crippen molar-refractivity contribution in [1.29, 1.82) is 0 Å². The molecule has 1 rings (SSSR count). The van der Waals surface area contributed by atoms with Crippen LogP contribution < -0.4 is 11.5 Å². The second-order valence-electron chi connectivity index (χ2n) is 2.46. The maximum Gasteiger partial charge on any atom is 0.0308 e. The van der Waals surface area contributed by atoms with Gasteiger partial charge < -0.3 is 11.5 Å². The Morgan fingerprint density at radius 3 is 2.42 bits per heavy atom. The number of rotatable bonds is 3. The quantitative estimate of drug-likeness (QED) is 0.738. The molecule has 1 atom stereocenters. The molecule has 0 unspecified atom stereocenters. The molecule has 0 aliphatic carbocycles. The van der Waals surface area contributed by atoms with E-state index in [1.54, 1.807) is 12.4 Å². The third kappa shape index (κ3) is 3.17. The van der Waals surface area contributed by atoms with Gasteiger partial charge in [-0.25, -0.2) is 0 Å². The standard InChI is InChI=1S/C8H13N3.ClH/c9-4-1-8(10)7-2-5-11-6-3-7;/h2-3,5-6,8H,1,4,9-10H2;1H/t8-;/m1./s1. The lowest BCUT2D eigenvalue weighted by atomic mass is 10.1. The van der Waals surface area contributed by atoms with Crippen molar-refractivity contribution in [2.24, 2.45) is 11.5 Å². The van der Waals surface area contributed by atoms with E-state index < -0.39 is 0 Å². The summed E-state index contributed by atoms with van der Waals surface area (Å²) in [6.45, 7) is 0.628. The van der Waals surface area contributed by atoms with Gasteiger partial charge in [0.25, 0.3) is 0 Å². The molecule has 0 bridgehead atoms. The topological polar surface area (TPSA) is 64.9 Å². The van der Waals surface area contributed by atoms with Gasteiger partial charge in [-0.3, -0.25) is 4.98 Å². The van der Waals surface area contributed by atoms with Crippen LogP contribution in [0.2, 0.25) is 0 Å². The van der Waals surface area contributed by atoms with Gasteiger partial charge in [0.05, 0.1) is 0 Å². The summed E-state index contributed by atoms with van der Waals surface area (Å²) in [7, 11) is 0. The summed E-state index contributed by atoms with van der Waals surface area (Å²) in [5.74, 6) is 0. The Bertz CT molecular complexity index is 203. The SMILES string of the molecule is Cl.NCC[C@@H](N)c1ccncc1. The van der Waals surface area contributed by atoms with Crippen molar-refractivity contribution in [2.45, 2.75) is 12.5 Å². The summed E-state index contributed by atoms with van der Waals surface area (Å²) in [6, 6.07) is 3.89. The van der Waals surface area contributed by atoms with E-state index in [-0.39, 0.29) is 18.4 Å². The lowest BCUT2D eigenvalue weighted by Gasteiger charge is -2.08. The minimum absolute atomic E-state index is 0. The minimum atomic E-state index is 0. The monoisotopic (exact) mass is 187 g/mol. The van der Waals surface area contributed by atoms with Crippen LogP contribution in [0.25, 0.3) is 0 Å². The Balaban J connectivity index is 0.00000121. The molecule has 0 amide bonds. The summed E-state index contributed by atoms with van der Waals surface area (Å²) in [4.78, 5) is 3.90. The summed E-state index contributed by atoms with van der Waals surface area (Å²) in [6.07, 6.45) is 4.31. The van der Waals surface area contributed by atoms with Crippen LogP contribution in [0, 0.1) is 0 Å². The van der Waals surface area contributed by atoms with Crippen molar-refractivity contribution in [1.82, 2.24) is 4.98 Å². The number of nitrogens with two attached hydrogens (primary N) is 2. The largest absolute Gasteiger partial charge is 0.330 e. The van der Waals surface area contributed by atoms with Crippen molar-refractivity contribution >= 4 is 12.4 Å². The van der Waals surface area contributed by atoms with E-state index >= 15 is 0 Å². The lowest BCUT2D eigenvalue weighted by Crippen LogP contribution is -2.15. The van der Waals surface area contributed by atoms with Crippen LogP contribution in [-0.4, -0.2) is 11.5 Å². The maximum absolute atomic E-state index is 5.80. The van der Waals surface area contributed by atoms with E-state index in [0.29, 0.717) is 6.54 Å². The van der Waals surface area contributed by atoms with Crippen LogP contribution in [0.5, 0.6) is 0 Å². The molecule has 0 aliphatic heterocycles. The Morgan fingerprint density at radius 2 is 1.92 bits per heavy atom. The molecule has 4 heteroatoms. The van der Waals surface area contributed by atoms with Gasteiger partial charge in [0.15, 0.2) is 0 Å². The van der Waals surface area contributed by atoms with Crippen LogP contribution in [0.1, 0.15) is 18.0 Å². The highest BCUT2D eigenvalue weighted by Crippen LogP contribution is 2.10. The van der Waals surface area contributed by atoms with E-state index in [2.05, 4.69) is 4.98 Å². The molecular formula is C8H14ClN3. The molecule has 0 radical (unpaired) electrons. The maximum atomic E-state index is 5.80. The van der Waals surface area contributed by atoms with Gasteiger partial charge in [-0.2, -0.15) is 0 Å². The zero-order valence-corrected chi connectivity index (χ0v) is 7.63. The van der Waals surface area contributed by atoms with Gasteiger partial charge in [0.2, 0.25) is 0 Å². The first-order valence-electron chi connectivity index (χ1n) is 3.70. The average Bonchev–Trinajstić information content (AvgIpc) is 2.07. The summed E-state index contributed by atoms with van der Waals surface area (Å²) in [5, 5.41) is 0. The lowest BCUT2D eigenvalue weighted by molar-refractivity contribution is 0.660.